The van der Waals surface area contributed by atoms with Crippen LogP contribution in [0.1, 0.15) is 12.8 Å². The molecule has 2 aliphatic heterocycles. The Morgan fingerprint density at radius 1 is 1.32 bits per heavy atom. The molecule has 28 heavy (non-hydrogen) atoms. The average molecular weight is 410 g/mol. The minimum Gasteiger partial charge on any atom is -0.506 e. The Kier molecular flexibility index (Phi) is 4.71. The zero-order chi connectivity index (χ0) is 19.9. The van der Waals surface area contributed by atoms with Gasteiger partial charge in [0, 0.05) is 37.1 Å². The Morgan fingerprint density at radius 2 is 2.07 bits per heavy atom. The second-order valence-electron chi connectivity index (χ2n) is 6.84. The number of phenolic OH excluding ortho intramolecular Hbond substituents is 1. The van der Waals surface area contributed by atoms with E-state index in [4.69, 9.17) is 4.74 Å². The quantitative estimate of drug-likeness (QED) is 0.778. The molecule has 2 fully saturated rings. The van der Waals surface area contributed by atoms with Crippen LogP contribution < -0.4 is 9.03 Å². The Balaban J connectivity index is 1.65. The molecule has 11 heteroatoms. The number of benzene rings is 1. The Labute approximate surface area is 160 Å². The van der Waals surface area contributed by atoms with E-state index in [0.717, 1.165) is 12.8 Å². The summed E-state index contributed by atoms with van der Waals surface area (Å²) in [4.78, 5) is 11.5. The number of carbonyl (C=O) groups is 1. The molecule has 1 aromatic heterocycles. The zero-order valence-electron chi connectivity index (χ0n) is 14.8. The van der Waals surface area contributed by atoms with E-state index >= 15 is 4.39 Å². The van der Waals surface area contributed by atoms with Crippen molar-refractivity contribution in [2.45, 2.75) is 19.4 Å². The molecule has 4 rings (SSSR count). The molecular weight excluding hydrogens is 391 g/mol. The molecule has 2 saturated heterocycles. The number of nitrogens with one attached hydrogen (secondary N) is 1. The van der Waals surface area contributed by atoms with E-state index in [1.165, 1.54) is 18.3 Å². The maximum Gasteiger partial charge on any atom is 0.326 e. The molecule has 0 radical (unpaired) electrons. The molecule has 0 atom stereocenters. The number of aromatic nitrogens is 2. The smallest absolute Gasteiger partial charge is 0.326 e. The van der Waals surface area contributed by atoms with E-state index in [2.05, 4.69) is 5.10 Å². The van der Waals surface area contributed by atoms with Crippen LogP contribution in [0.4, 0.5) is 10.1 Å². The van der Waals surface area contributed by atoms with Gasteiger partial charge in [-0.25, -0.2) is 13.4 Å². The summed E-state index contributed by atoms with van der Waals surface area (Å²) >= 11 is 0. The molecule has 0 aliphatic carbocycles. The fraction of sp³-hybridized carbons (Fsp3) is 0.412. The summed E-state index contributed by atoms with van der Waals surface area (Å²) in [6.07, 6.45) is 5.03. The van der Waals surface area contributed by atoms with E-state index in [9.17, 15) is 18.3 Å². The third kappa shape index (κ3) is 3.42. The summed E-state index contributed by atoms with van der Waals surface area (Å²) in [6.45, 7) is 1.51. The minimum atomic E-state index is -4.25. The molecule has 0 bridgehead atoms. The number of ether oxygens (including phenoxy) is 1. The Hall–Kier alpha value is -2.66. The first-order chi connectivity index (χ1) is 13.3. The van der Waals surface area contributed by atoms with Crippen molar-refractivity contribution in [3.8, 4) is 16.9 Å². The van der Waals surface area contributed by atoms with Crippen LogP contribution >= 0.6 is 0 Å². The van der Waals surface area contributed by atoms with Crippen molar-refractivity contribution in [1.82, 2.24) is 14.5 Å². The van der Waals surface area contributed by atoms with Gasteiger partial charge in [-0.2, -0.15) is 13.5 Å². The largest absolute Gasteiger partial charge is 0.506 e. The normalized spacial score (nSPS) is 19.8. The number of rotatable bonds is 4. The number of halogens is 1. The lowest BCUT2D eigenvalue weighted by molar-refractivity contribution is -0.117. The lowest BCUT2D eigenvalue weighted by Crippen LogP contribution is -2.30. The molecular formula is C17H19FN4O5S. The summed E-state index contributed by atoms with van der Waals surface area (Å²) in [7, 11) is -4.25. The van der Waals surface area contributed by atoms with Crippen LogP contribution in [0.2, 0.25) is 0 Å². The fourth-order valence-electron chi connectivity index (χ4n) is 3.46. The van der Waals surface area contributed by atoms with Gasteiger partial charge in [-0.3, -0.25) is 9.48 Å². The van der Waals surface area contributed by atoms with Gasteiger partial charge in [-0.05, 0) is 30.9 Å². The molecule has 9 nitrogen and oxygen atoms in total. The van der Waals surface area contributed by atoms with Gasteiger partial charge >= 0.3 is 10.2 Å². The monoisotopic (exact) mass is 410 g/mol. The number of anilines is 1. The number of aromatic hydroxyl groups is 1. The lowest BCUT2D eigenvalue weighted by Gasteiger charge is -2.21. The molecule has 0 spiro atoms. The molecule has 2 aliphatic rings. The van der Waals surface area contributed by atoms with Crippen LogP contribution in [0.25, 0.3) is 11.1 Å². The van der Waals surface area contributed by atoms with Crippen LogP contribution in [0.5, 0.6) is 5.75 Å². The van der Waals surface area contributed by atoms with Crippen LogP contribution in [-0.2, 0) is 26.3 Å². The van der Waals surface area contributed by atoms with E-state index in [1.807, 2.05) is 0 Å². The zero-order valence-corrected chi connectivity index (χ0v) is 15.7. The molecule has 0 saturated carbocycles. The standard InChI is InChI=1S/C17H19FN4O5S/c18-16-13(12-7-19-21(9-12)8-11-3-5-27-6-4-11)1-2-14(23)17(16)22-10-15(24)20-28(22,25)26/h1-2,7,9,11,23H,3-6,8,10H2,(H,20,24). The van der Waals surface area contributed by atoms with Gasteiger partial charge in [-0.15, -0.1) is 0 Å². The first-order valence-electron chi connectivity index (χ1n) is 8.80. The van der Waals surface area contributed by atoms with E-state index in [0.29, 0.717) is 35.5 Å². The molecule has 2 aromatic rings. The molecule has 150 valence electrons. The predicted molar refractivity (Wildman–Crippen MR) is 97.2 cm³/mol. The molecule has 2 N–H and O–H groups in total. The van der Waals surface area contributed by atoms with Gasteiger partial charge in [0.15, 0.2) is 5.82 Å². The van der Waals surface area contributed by atoms with Crippen molar-refractivity contribution in [2.75, 3.05) is 24.1 Å². The average Bonchev–Trinajstić information content (AvgIpc) is 3.19. The topological polar surface area (TPSA) is 114 Å². The highest BCUT2D eigenvalue weighted by atomic mass is 32.2. The van der Waals surface area contributed by atoms with Gasteiger partial charge in [0.2, 0.25) is 0 Å². The molecule has 1 aromatic carbocycles. The van der Waals surface area contributed by atoms with Crippen molar-refractivity contribution < 1.29 is 27.4 Å². The van der Waals surface area contributed by atoms with Crippen molar-refractivity contribution in [3.63, 3.8) is 0 Å². The number of nitrogens with zero attached hydrogens (tertiary/aromatic N) is 3. The maximum atomic E-state index is 15.2. The third-order valence-electron chi connectivity index (χ3n) is 4.89. The summed E-state index contributed by atoms with van der Waals surface area (Å²) in [5, 5.41) is 14.3. The number of hydrogen-bond donors (Lipinski definition) is 2. The van der Waals surface area contributed by atoms with Crippen LogP contribution in [0.15, 0.2) is 24.5 Å². The molecule has 3 heterocycles. The Morgan fingerprint density at radius 3 is 2.75 bits per heavy atom. The van der Waals surface area contributed by atoms with Gasteiger partial charge < -0.3 is 9.84 Å². The van der Waals surface area contributed by atoms with Crippen molar-refractivity contribution in [2.24, 2.45) is 5.92 Å². The third-order valence-corrected chi connectivity index (χ3v) is 6.27. The minimum absolute atomic E-state index is 0.0839. The number of phenols is 1. The van der Waals surface area contributed by atoms with Crippen LogP contribution in [0, 0.1) is 11.7 Å². The van der Waals surface area contributed by atoms with E-state index in [1.54, 1.807) is 15.6 Å². The number of hydrogen-bond acceptors (Lipinski definition) is 6. The van der Waals surface area contributed by atoms with Crippen molar-refractivity contribution >= 4 is 21.8 Å². The summed E-state index contributed by atoms with van der Waals surface area (Å²) < 4.78 is 48.6. The molecule has 0 unspecified atom stereocenters. The van der Waals surface area contributed by atoms with Gasteiger partial charge in [0.05, 0.1) is 6.20 Å². The highest BCUT2D eigenvalue weighted by molar-refractivity contribution is 7.92. The number of amides is 1. The SMILES string of the molecule is O=C1CN(c2c(O)ccc(-c3cnn(CC4CCOCC4)c3)c2F)S(=O)(=O)N1. The first-order valence-corrected chi connectivity index (χ1v) is 10.2. The maximum absolute atomic E-state index is 15.2. The second-order valence-corrected chi connectivity index (χ2v) is 8.43. The predicted octanol–water partition coefficient (Wildman–Crippen LogP) is 1.00. The van der Waals surface area contributed by atoms with E-state index < -0.39 is 39.9 Å². The van der Waals surface area contributed by atoms with Crippen molar-refractivity contribution in [3.05, 3.63) is 30.3 Å². The van der Waals surface area contributed by atoms with Crippen LogP contribution in [0.3, 0.4) is 0 Å². The highest BCUT2D eigenvalue weighted by Crippen LogP contribution is 2.38. The fourth-order valence-corrected chi connectivity index (χ4v) is 4.62. The number of carbonyl (C=O) groups excluding carboxylic acids is 1. The molecule has 1 amide bonds. The first kappa shape index (κ1) is 18.7. The van der Waals surface area contributed by atoms with Crippen molar-refractivity contribution in [1.29, 1.82) is 0 Å². The van der Waals surface area contributed by atoms with Gasteiger partial charge in [-0.1, -0.05) is 0 Å². The highest BCUT2D eigenvalue weighted by Gasteiger charge is 2.38. The summed E-state index contributed by atoms with van der Waals surface area (Å²) in [5.74, 6) is -1.89. The second kappa shape index (κ2) is 7.06. The Bertz CT molecular complexity index is 1020. The van der Waals surface area contributed by atoms with E-state index in [-0.39, 0.29) is 5.56 Å². The van der Waals surface area contributed by atoms with Gasteiger partial charge in [0.1, 0.15) is 18.0 Å². The van der Waals surface area contributed by atoms with Crippen LogP contribution in [-0.4, -0.2) is 49.0 Å². The lowest BCUT2D eigenvalue weighted by atomic mass is 10.0. The van der Waals surface area contributed by atoms with Gasteiger partial charge in [0.25, 0.3) is 5.91 Å². The summed E-state index contributed by atoms with van der Waals surface area (Å²) in [6, 6.07) is 2.55. The summed E-state index contributed by atoms with van der Waals surface area (Å²) in [5.41, 5.74) is -0.0321.